The van der Waals surface area contributed by atoms with Crippen molar-refractivity contribution in [2.75, 3.05) is 19.7 Å². The first-order chi connectivity index (χ1) is 11.3. The average molecular weight is 343 g/mol. The predicted octanol–water partition coefficient (Wildman–Crippen LogP) is 2.24. The van der Waals surface area contributed by atoms with Crippen molar-refractivity contribution in [3.8, 4) is 5.75 Å². The molecular formula is C16H20F3N3O2. The summed E-state index contributed by atoms with van der Waals surface area (Å²) in [6.45, 7) is 3.41. The summed E-state index contributed by atoms with van der Waals surface area (Å²) >= 11 is 0. The lowest BCUT2D eigenvalue weighted by Crippen LogP contribution is -2.33. The zero-order valence-electron chi connectivity index (χ0n) is 13.3. The Morgan fingerprint density at radius 1 is 1.38 bits per heavy atom. The highest BCUT2D eigenvalue weighted by atomic mass is 19.4. The van der Waals surface area contributed by atoms with Gasteiger partial charge in [-0.05, 0) is 30.7 Å². The molecule has 1 aromatic heterocycles. The Morgan fingerprint density at radius 3 is 2.83 bits per heavy atom. The molecule has 0 unspecified atom stereocenters. The minimum absolute atomic E-state index is 0.0795. The fraction of sp³-hybridized carbons (Fsp3) is 0.438. The van der Waals surface area contributed by atoms with E-state index in [4.69, 9.17) is 4.74 Å². The lowest BCUT2D eigenvalue weighted by atomic mass is 10.2. The SMILES string of the molecule is Cc1cnn(CCNC[C@H](O)COc2cccc(C(F)(F)F)c2)c1. The molecule has 0 aliphatic carbocycles. The van der Waals surface area contributed by atoms with Gasteiger partial charge in [0.15, 0.2) is 0 Å². The van der Waals surface area contributed by atoms with Crippen LogP contribution in [0.4, 0.5) is 13.2 Å². The zero-order chi connectivity index (χ0) is 17.6. The van der Waals surface area contributed by atoms with Crippen molar-refractivity contribution in [1.82, 2.24) is 15.1 Å². The van der Waals surface area contributed by atoms with Gasteiger partial charge in [0.2, 0.25) is 0 Å². The molecule has 0 radical (unpaired) electrons. The Kier molecular flexibility index (Phi) is 6.22. The Morgan fingerprint density at radius 2 is 2.17 bits per heavy atom. The molecule has 132 valence electrons. The lowest BCUT2D eigenvalue weighted by Gasteiger charge is -2.14. The second-order valence-electron chi connectivity index (χ2n) is 5.48. The Hall–Kier alpha value is -2.06. The van der Waals surface area contributed by atoms with Crippen LogP contribution in [0.1, 0.15) is 11.1 Å². The zero-order valence-corrected chi connectivity index (χ0v) is 13.3. The van der Waals surface area contributed by atoms with Gasteiger partial charge in [-0.25, -0.2) is 0 Å². The van der Waals surface area contributed by atoms with E-state index < -0.39 is 17.8 Å². The first kappa shape index (κ1) is 18.3. The fourth-order valence-corrected chi connectivity index (χ4v) is 2.07. The number of aromatic nitrogens is 2. The van der Waals surface area contributed by atoms with Crippen LogP contribution in [0.3, 0.4) is 0 Å². The van der Waals surface area contributed by atoms with E-state index in [2.05, 4.69) is 10.4 Å². The monoisotopic (exact) mass is 343 g/mol. The quantitative estimate of drug-likeness (QED) is 0.722. The molecule has 2 aromatic rings. The molecule has 8 heteroatoms. The minimum Gasteiger partial charge on any atom is -0.491 e. The molecule has 0 saturated carbocycles. The fourth-order valence-electron chi connectivity index (χ4n) is 2.07. The van der Waals surface area contributed by atoms with Crippen LogP contribution in [0.5, 0.6) is 5.75 Å². The van der Waals surface area contributed by atoms with Gasteiger partial charge in [-0.15, -0.1) is 0 Å². The van der Waals surface area contributed by atoms with Crippen LogP contribution in [0.25, 0.3) is 0 Å². The maximum atomic E-state index is 12.6. The molecule has 0 aliphatic rings. The molecule has 5 nitrogen and oxygen atoms in total. The van der Waals surface area contributed by atoms with Crippen molar-refractivity contribution in [3.63, 3.8) is 0 Å². The van der Waals surface area contributed by atoms with Gasteiger partial charge in [0.05, 0.1) is 18.3 Å². The Bertz CT molecular complexity index is 643. The number of halogens is 3. The maximum absolute atomic E-state index is 12.6. The summed E-state index contributed by atoms with van der Waals surface area (Å²) in [4.78, 5) is 0. The van der Waals surface area contributed by atoms with E-state index in [1.807, 2.05) is 13.1 Å². The van der Waals surface area contributed by atoms with E-state index in [-0.39, 0.29) is 18.9 Å². The van der Waals surface area contributed by atoms with E-state index >= 15 is 0 Å². The number of aliphatic hydroxyl groups is 1. The van der Waals surface area contributed by atoms with E-state index in [0.29, 0.717) is 13.1 Å². The van der Waals surface area contributed by atoms with Crippen LogP contribution in [-0.4, -0.2) is 40.7 Å². The topological polar surface area (TPSA) is 59.3 Å². The molecule has 0 spiro atoms. The standard InChI is InChI=1S/C16H20F3N3O2/c1-12-8-21-22(10-12)6-5-20-9-14(23)11-24-15-4-2-3-13(7-15)16(17,18)19/h2-4,7-8,10,14,20,23H,5-6,9,11H2,1H3/t14-/m0/s1. The smallest absolute Gasteiger partial charge is 0.416 e. The molecule has 0 fully saturated rings. The van der Waals surface area contributed by atoms with Crippen molar-refractivity contribution in [3.05, 3.63) is 47.8 Å². The van der Waals surface area contributed by atoms with Crippen molar-refractivity contribution in [2.24, 2.45) is 0 Å². The summed E-state index contributed by atoms with van der Waals surface area (Å²) < 4.78 is 44.8. The van der Waals surface area contributed by atoms with Gasteiger partial charge in [0.25, 0.3) is 0 Å². The second kappa shape index (κ2) is 8.16. The molecule has 24 heavy (non-hydrogen) atoms. The highest BCUT2D eigenvalue weighted by Gasteiger charge is 2.30. The molecule has 0 aliphatic heterocycles. The lowest BCUT2D eigenvalue weighted by molar-refractivity contribution is -0.137. The molecule has 1 aromatic carbocycles. The normalized spacial score (nSPS) is 13.0. The number of hydrogen-bond donors (Lipinski definition) is 2. The maximum Gasteiger partial charge on any atom is 0.416 e. The van der Waals surface area contributed by atoms with Crippen LogP contribution < -0.4 is 10.1 Å². The van der Waals surface area contributed by atoms with Gasteiger partial charge in [0, 0.05) is 19.3 Å². The van der Waals surface area contributed by atoms with E-state index in [9.17, 15) is 18.3 Å². The second-order valence-corrected chi connectivity index (χ2v) is 5.48. The first-order valence-corrected chi connectivity index (χ1v) is 7.52. The predicted molar refractivity (Wildman–Crippen MR) is 82.8 cm³/mol. The Balaban J connectivity index is 1.68. The van der Waals surface area contributed by atoms with Crippen LogP contribution in [-0.2, 0) is 12.7 Å². The van der Waals surface area contributed by atoms with E-state index in [1.165, 1.54) is 12.1 Å². The average Bonchev–Trinajstić information content (AvgIpc) is 2.94. The summed E-state index contributed by atoms with van der Waals surface area (Å²) in [6, 6.07) is 4.59. The third-order valence-electron chi connectivity index (χ3n) is 3.26. The number of nitrogens with zero attached hydrogens (tertiary/aromatic N) is 2. The highest BCUT2D eigenvalue weighted by Crippen LogP contribution is 2.31. The van der Waals surface area contributed by atoms with Gasteiger partial charge in [-0.3, -0.25) is 4.68 Å². The summed E-state index contributed by atoms with van der Waals surface area (Å²) in [5, 5.41) is 17.0. The number of alkyl halides is 3. The molecule has 0 saturated heterocycles. The largest absolute Gasteiger partial charge is 0.491 e. The van der Waals surface area contributed by atoms with Crippen molar-refractivity contribution in [1.29, 1.82) is 0 Å². The van der Waals surface area contributed by atoms with Crippen LogP contribution >= 0.6 is 0 Å². The molecular weight excluding hydrogens is 323 g/mol. The highest BCUT2D eigenvalue weighted by molar-refractivity contribution is 5.30. The first-order valence-electron chi connectivity index (χ1n) is 7.52. The number of aryl methyl sites for hydroxylation is 1. The van der Waals surface area contributed by atoms with Crippen LogP contribution in [0.15, 0.2) is 36.7 Å². The third kappa shape index (κ3) is 5.86. The molecule has 1 atom stereocenters. The summed E-state index contributed by atoms with van der Waals surface area (Å²) in [7, 11) is 0. The van der Waals surface area contributed by atoms with Crippen molar-refractivity contribution >= 4 is 0 Å². The number of hydrogen-bond acceptors (Lipinski definition) is 4. The van der Waals surface area contributed by atoms with Crippen LogP contribution in [0.2, 0.25) is 0 Å². The Labute approximate surface area is 138 Å². The number of rotatable bonds is 8. The molecule has 0 amide bonds. The molecule has 1 heterocycles. The van der Waals surface area contributed by atoms with Crippen molar-refractivity contribution in [2.45, 2.75) is 25.7 Å². The summed E-state index contributed by atoms with van der Waals surface area (Å²) in [6.07, 6.45) is -1.56. The van der Waals surface area contributed by atoms with Gasteiger partial charge in [0.1, 0.15) is 18.5 Å². The number of aliphatic hydroxyl groups excluding tert-OH is 1. The van der Waals surface area contributed by atoms with Crippen LogP contribution in [0, 0.1) is 6.92 Å². The van der Waals surface area contributed by atoms with Gasteiger partial charge >= 0.3 is 6.18 Å². The number of nitrogens with one attached hydrogen (secondary N) is 1. The van der Waals surface area contributed by atoms with Gasteiger partial charge < -0.3 is 15.2 Å². The third-order valence-corrected chi connectivity index (χ3v) is 3.26. The van der Waals surface area contributed by atoms with E-state index in [1.54, 1.807) is 10.9 Å². The van der Waals surface area contributed by atoms with Gasteiger partial charge in [-0.1, -0.05) is 6.07 Å². The van der Waals surface area contributed by atoms with Crippen molar-refractivity contribution < 1.29 is 23.0 Å². The minimum atomic E-state index is -4.41. The summed E-state index contributed by atoms with van der Waals surface area (Å²) in [5.41, 5.74) is 0.298. The molecule has 0 bridgehead atoms. The van der Waals surface area contributed by atoms with Gasteiger partial charge in [-0.2, -0.15) is 18.3 Å². The van der Waals surface area contributed by atoms with E-state index in [0.717, 1.165) is 17.7 Å². The number of ether oxygens (including phenoxy) is 1. The molecule has 2 rings (SSSR count). The summed E-state index contributed by atoms with van der Waals surface area (Å²) in [5.74, 6) is 0.0795. The molecule has 2 N–H and O–H groups in total. The number of benzene rings is 1.